The second-order valence-corrected chi connectivity index (χ2v) is 5.47. The molecule has 0 spiro atoms. The van der Waals surface area contributed by atoms with E-state index >= 15 is 0 Å². The fourth-order valence-electron chi connectivity index (χ4n) is 3.66. The molecule has 0 saturated heterocycles. The molecule has 0 aliphatic heterocycles. The van der Waals surface area contributed by atoms with E-state index in [9.17, 15) is 4.79 Å². The number of carboxylic acid groups (broad SMARTS) is 1. The minimum Gasteiger partial charge on any atom is -0.478 e. The molecule has 2 nitrogen and oxygen atoms in total. The Labute approximate surface area is 96.0 Å². The first kappa shape index (κ1) is 10.1. The van der Waals surface area contributed by atoms with Gasteiger partial charge < -0.3 is 5.11 Å². The zero-order valence-corrected chi connectivity index (χ0v) is 9.48. The lowest BCUT2D eigenvalue weighted by molar-refractivity contribution is -0.131. The van der Waals surface area contributed by atoms with Crippen LogP contribution in [0.4, 0.5) is 0 Å². The fourth-order valence-corrected chi connectivity index (χ4v) is 3.66. The standard InChI is InChI=1S/C14H18O2/c15-14(16)8-12-6-11-5-10(7-13(11)12)9-3-1-2-4-9/h7-9,11,13H,1-6H2,(H,15,16)/t11-,13+/m1/s1. The summed E-state index contributed by atoms with van der Waals surface area (Å²) in [4.78, 5) is 10.6. The van der Waals surface area contributed by atoms with Gasteiger partial charge in [-0.1, -0.05) is 30.1 Å². The van der Waals surface area contributed by atoms with Crippen LogP contribution in [0.5, 0.6) is 0 Å². The highest BCUT2D eigenvalue weighted by Gasteiger charge is 2.41. The smallest absolute Gasteiger partial charge is 0.328 e. The van der Waals surface area contributed by atoms with Crippen molar-refractivity contribution in [2.24, 2.45) is 17.8 Å². The van der Waals surface area contributed by atoms with Crippen molar-refractivity contribution in [3.8, 4) is 0 Å². The Morgan fingerprint density at radius 1 is 1.31 bits per heavy atom. The maximum atomic E-state index is 10.6. The molecule has 86 valence electrons. The number of aliphatic carboxylic acids is 1. The van der Waals surface area contributed by atoms with E-state index in [-0.39, 0.29) is 0 Å². The first-order valence-corrected chi connectivity index (χ1v) is 6.38. The Morgan fingerprint density at radius 2 is 2.06 bits per heavy atom. The molecule has 3 aliphatic rings. The summed E-state index contributed by atoms with van der Waals surface area (Å²) in [5.74, 6) is 1.26. The van der Waals surface area contributed by atoms with E-state index in [1.165, 1.54) is 38.2 Å². The lowest BCUT2D eigenvalue weighted by atomic mass is 9.71. The van der Waals surface area contributed by atoms with Crippen molar-refractivity contribution in [1.29, 1.82) is 0 Å². The number of carbonyl (C=O) groups is 1. The lowest BCUT2D eigenvalue weighted by Crippen LogP contribution is -2.24. The van der Waals surface area contributed by atoms with Crippen molar-refractivity contribution in [1.82, 2.24) is 0 Å². The first-order valence-electron chi connectivity index (χ1n) is 6.38. The molecule has 2 saturated carbocycles. The Hall–Kier alpha value is -1.05. The SMILES string of the molecule is O=C(O)C=C1C[C@H]2CC(C3CCCC3)=C[C@H]12. The summed E-state index contributed by atoms with van der Waals surface area (Å²) in [6.45, 7) is 0. The van der Waals surface area contributed by atoms with Gasteiger partial charge >= 0.3 is 5.97 Å². The van der Waals surface area contributed by atoms with E-state index in [1.807, 2.05) is 0 Å². The molecule has 0 bridgehead atoms. The second-order valence-electron chi connectivity index (χ2n) is 5.47. The first-order chi connectivity index (χ1) is 7.74. The zero-order valence-electron chi connectivity index (χ0n) is 9.48. The molecule has 2 heteroatoms. The summed E-state index contributed by atoms with van der Waals surface area (Å²) in [5.41, 5.74) is 2.78. The third kappa shape index (κ3) is 1.60. The van der Waals surface area contributed by atoms with E-state index in [4.69, 9.17) is 5.11 Å². The predicted octanol–water partition coefficient (Wildman–Crippen LogP) is 3.15. The van der Waals surface area contributed by atoms with Crippen molar-refractivity contribution in [3.63, 3.8) is 0 Å². The molecule has 3 aliphatic carbocycles. The van der Waals surface area contributed by atoms with E-state index in [0.717, 1.165) is 23.8 Å². The Balaban J connectivity index is 1.72. The molecule has 0 aromatic heterocycles. The molecule has 0 radical (unpaired) electrons. The molecule has 2 atom stereocenters. The lowest BCUT2D eigenvalue weighted by Gasteiger charge is -2.33. The summed E-state index contributed by atoms with van der Waals surface area (Å²) in [6, 6.07) is 0. The molecule has 16 heavy (non-hydrogen) atoms. The number of fused-ring (bicyclic) bond motifs is 1. The Kier molecular flexibility index (Phi) is 2.38. The summed E-state index contributed by atoms with van der Waals surface area (Å²) < 4.78 is 0. The van der Waals surface area contributed by atoms with Gasteiger partial charge in [-0.3, -0.25) is 0 Å². The molecule has 0 aromatic carbocycles. The largest absolute Gasteiger partial charge is 0.478 e. The number of carboxylic acids is 1. The number of hydrogen-bond donors (Lipinski definition) is 1. The minimum absolute atomic E-state index is 0.478. The van der Waals surface area contributed by atoms with E-state index < -0.39 is 5.97 Å². The van der Waals surface area contributed by atoms with Crippen LogP contribution in [0.15, 0.2) is 23.3 Å². The molecule has 3 rings (SSSR count). The molecular weight excluding hydrogens is 200 g/mol. The minimum atomic E-state index is -0.781. The van der Waals surface area contributed by atoms with Gasteiger partial charge in [0.15, 0.2) is 0 Å². The van der Waals surface area contributed by atoms with Gasteiger partial charge in [-0.05, 0) is 37.5 Å². The van der Waals surface area contributed by atoms with E-state index in [1.54, 1.807) is 5.57 Å². The number of hydrogen-bond acceptors (Lipinski definition) is 1. The van der Waals surface area contributed by atoms with Crippen LogP contribution in [0.25, 0.3) is 0 Å². The van der Waals surface area contributed by atoms with Crippen LogP contribution >= 0.6 is 0 Å². The zero-order chi connectivity index (χ0) is 11.1. The van der Waals surface area contributed by atoms with E-state index in [2.05, 4.69) is 6.08 Å². The molecule has 0 aromatic rings. The van der Waals surface area contributed by atoms with Crippen LogP contribution in [0.3, 0.4) is 0 Å². The van der Waals surface area contributed by atoms with Crippen LogP contribution in [0, 0.1) is 17.8 Å². The van der Waals surface area contributed by atoms with Gasteiger partial charge in [0, 0.05) is 12.0 Å². The van der Waals surface area contributed by atoms with Gasteiger partial charge in [-0.2, -0.15) is 0 Å². The number of rotatable bonds is 2. The summed E-state index contributed by atoms with van der Waals surface area (Å²) in [7, 11) is 0. The normalized spacial score (nSPS) is 36.0. The van der Waals surface area contributed by atoms with Crippen molar-refractivity contribution < 1.29 is 9.90 Å². The van der Waals surface area contributed by atoms with Crippen LogP contribution in [-0.2, 0) is 4.79 Å². The third-order valence-electron chi connectivity index (χ3n) is 4.51. The van der Waals surface area contributed by atoms with Crippen molar-refractivity contribution >= 4 is 5.97 Å². The van der Waals surface area contributed by atoms with E-state index in [0.29, 0.717) is 5.92 Å². The van der Waals surface area contributed by atoms with Crippen LogP contribution in [0.1, 0.15) is 38.5 Å². The van der Waals surface area contributed by atoms with Gasteiger partial charge in [-0.15, -0.1) is 0 Å². The van der Waals surface area contributed by atoms with Gasteiger partial charge in [-0.25, -0.2) is 4.79 Å². The molecule has 1 N–H and O–H groups in total. The molecule has 0 heterocycles. The average Bonchev–Trinajstić information content (AvgIpc) is 2.81. The summed E-state index contributed by atoms with van der Waals surface area (Å²) in [6.07, 6.45) is 11.6. The van der Waals surface area contributed by atoms with Gasteiger partial charge in [0.25, 0.3) is 0 Å². The Bertz CT molecular complexity index is 372. The monoisotopic (exact) mass is 218 g/mol. The molecule has 0 amide bonds. The average molecular weight is 218 g/mol. The number of allylic oxidation sites excluding steroid dienone is 3. The topological polar surface area (TPSA) is 37.3 Å². The summed E-state index contributed by atoms with van der Waals surface area (Å²) >= 11 is 0. The van der Waals surface area contributed by atoms with Crippen molar-refractivity contribution in [2.45, 2.75) is 38.5 Å². The molecule has 0 unspecified atom stereocenters. The summed E-state index contributed by atoms with van der Waals surface area (Å²) in [5, 5.41) is 8.75. The predicted molar refractivity (Wildman–Crippen MR) is 62.0 cm³/mol. The highest BCUT2D eigenvalue weighted by Crippen LogP contribution is 2.52. The van der Waals surface area contributed by atoms with Gasteiger partial charge in [0.1, 0.15) is 0 Å². The highest BCUT2D eigenvalue weighted by atomic mass is 16.4. The molecule has 2 fully saturated rings. The maximum absolute atomic E-state index is 10.6. The maximum Gasteiger partial charge on any atom is 0.328 e. The van der Waals surface area contributed by atoms with Crippen LogP contribution in [-0.4, -0.2) is 11.1 Å². The fraction of sp³-hybridized carbons (Fsp3) is 0.643. The van der Waals surface area contributed by atoms with Gasteiger partial charge in [0.05, 0.1) is 0 Å². The quantitative estimate of drug-likeness (QED) is 0.571. The Morgan fingerprint density at radius 3 is 2.75 bits per heavy atom. The third-order valence-corrected chi connectivity index (χ3v) is 4.51. The van der Waals surface area contributed by atoms with Crippen LogP contribution in [0.2, 0.25) is 0 Å². The second kappa shape index (κ2) is 3.76. The highest BCUT2D eigenvalue weighted by molar-refractivity contribution is 5.81. The molecular formula is C14H18O2. The van der Waals surface area contributed by atoms with Crippen molar-refractivity contribution in [2.75, 3.05) is 0 Å². The van der Waals surface area contributed by atoms with Gasteiger partial charge in [0.2, 0.25) is 0 Å². The van der Waals surface area contributed by atoms with Crippen molar-refractivity contribution in [3.05, 3.63) is 23.3 Å². The van der Waals surface area contributed by atoms with Crippen LogP contribution < -0.4 is 0 Å².